The Kier molecular flexibility index (Phi) is 5.21. The Morgan fingerprint density at radius 3 is 2.65 bits per heavy atom. The maximum Gasteiger partial charge on any atom is 0.469 e. The number of nitrogens with two attached hydrogens (primary N) is 1. The molecule has 1 fully saturated rings. The summed E-state index contributed by atoms with van der Waals surface area (Å²) in [7, 11) is -4.76. The molecule has 130 valence electrons. The number of nitrogens with zero attached hydrogens (tertiary/aromatic N) is 2. The van der Waals surface area contributed by atoms with Crippen molar-refractivity contribution in [3.05, 3.63) is 22.2 Å². The van der Waals surface area contributed by atoms with Gasteiger partial charge in [-0.1, -0.05) is 6.92 Å². The first kappa shape index (κ1) is 18.0. The first-order valence-corrected chi connectivity index (χ1v) is 8.26. The SMILES string of the molecule is CCc1cn([C@@H]2O[C@H](COP(=O)(O)O)[C@@H](O)[C@H]2O)c(=O)nc1N. The molecule has 12 heteroatoms. The summed E-state index contributed by atoms with van der Waals surface area (Å²) in [6.45, 7) is 1.14. The lowest BCUT2D eigenvalue weighted by atomic mass is 10.1. The maximum atomic E-state index is 11.9. The summed E-state index contributed by atoms with van der Waals surface area (Å²) in [4.78, 5) is 32.9. The smallest absolute Gasteiger partial charge is 0.387 e. The third kappa shape index (κ3) is 3.96. The first-order valence-electron chi connectivity index (χ1n) is 6.73. The number of aliphatic hydroxyl groups excluding tert-OH is 2. The van der Waals surface area contributed by atoms with E-state index in [1.807, 2.05) is 0 Å². The van der Waals surface area contributed by atoms with Gasteiger partial charge in [-0.2, -0.15) is 4.98 Å². The van der Waals surface area contributed by atoms with Crippen LogP contribution in [0.5, 0.6) is 0 Å². The molecule has 0 amide bonds. The van der Waals surface area contributed by atoms with Crippen molar-refractivity contribution in [2.24, 2.45) is 0 Å². The van der Waals surface area contributed by atoms with Gasteiger partial charge in [-0.05, 0) is 6.42 Å². The average Bonchev–Trinajstić information content (AvgIpc) is 2.73. The standard InChI is InChI=1S/C11H18N3O8P/c1-2-5-3-14(11(17)13-9(5)12)10-8(16)7(15)6(22-10)4-21-23(18,19)20/h3,6-8,10,15-16H,2,4H2,1H3,(H2,12,13,17)(H2,18,19,20)/t6-,7-,8-,10-/m1/s1. The Morgan fingerprint density at radius 1 is 1.43 bits per heavy atom. The van der Waals surface area contributed by atoms with E-state index in [0.717, 1.165) is 4.57 Å². The third-order valence-electron chi connectivity index (χ3n) is 3.46. The van der Waals surface area contributed by atoms with E-state index >= 15 is 0 Å². The molecule has 0 bridgehead atoms. The fourth-order valence-electron chi connectivity index (χ4n) is 2.24. The van der Waals surface area contributed by atoms with Crippen LogP contribution in [0.4, 0.5) is 5.82 Å². The van der Waals surface area contributed by atoms with Gasteiger partial charge in [0.2, 0.25) is 0 Å². The molecular weight excluding hydrogens is 333 g/mol. The van der Waals surface area contributed by atoms with Crippen LogP contribution >= 0.6 is 7.82 Å². The van der Waals surface area contributed by atoms with Gasteiger partial charge >= 0.3 is 13.5 Å². The van der Waals surface area contributed by atoms with Crippen LogP contribution in [-0.4, -0.2) is 54.5 Å². The minimum atomic E-state index is -4.76. The highest BCUT2D eigenvalue weighted by Gasteiger charge is 2.45. The number of aryl methyl sites for hydroxylation is 1. The summed E-state index contributed by atoms with van der Waals surface area (Å²) in [5.74, 6) is 0.0585. The summed E-state index contributed by atoms with van der Waals surface area (Å²) in [6.07, 6.45) is -3.67. The van der Waals surface area contributed by atoms with E-state index in [4.69, 9.17) is 20.3 Å². The van der Waals surface area contributed by atoms with Crippen molar-refractivity contribution < 1.29 is 33.8 Å². The minimum Gasteiger partial charge on any atom is -0.387 e. The van der Waals surface area contributed by atoms with E-state index in [9.17, 15) is 19.6 Å². The predicted molar refractivity (Wildman–Crippen MR) is 76.2 cm³/mol. The Morgan fingerprint density at radius 2 is 2.09 bits per heavy atom. The van der Waals surface area contributed by atoms with E-state index in [2.05, 4.69) is 9.51 Å². The van der Waals surface area contributed by atoms with Crippen LogP contribution in [0.3, 0.4) is 0 Å². The maximum absolute atomic E-state index is 11.9. The Bertz CT molecular complexity index is 674. The second-order valence-electron chi connectivity index (χ2n) is 5.03. The van der Waals surface area contributed by atoms with Gasteiger partial charge in [0.15, 0.2) is 6.23 Å². The Labute approximate surface area is 130 Å². The van der Waals surface area contributed by atoms with Gasteiger partial charge < -0.3 is 30.5 Å². The van der Waals surface area contributed by atoms with Crippen molar-refractivity contribution in [2.75, 3.05) is 12.3 Å². The van der Waals surface area contributed by atoms with Crippen LogP contribution in [0.25, 0.3) is 0 Å². The molecule has 0 saturated carbocycles. The highest BCUT2D eigenvalue weighted by Crippen LogP contribution is 2.38. The zero-order valence-electron chi connectivity index (χ0n) is 12.1. The van der Waals surface area contributed by atoms with Crippen LogP contribution < -0.4 is 11.4 Å². The molecule has 6 N–H and O–H groups in total. The van der Waals surface area contributed by atoms with Crippen molar-refractivity contribution in [2.45, 2.75) is 37.9 Å². The van der Waals surface area contributed by atoms with Crippen LogP contribution in [0.2, 0.25) is 0 Å². The number of ether oxygens (including phenoxy) is 1. The van der Waals surface area contributed by atoms with E-state index in [0.29, 0.717) is 12.0 Å². The molecule has 0 aliphatic carbocycles. The molecular formula is C11H18N3O8P. The second-order valence-corrected chi connectivity index (χ2v) is 6.27. The quantitative estimate of drug-likeness (QED) is 0.377. The van der Waals surface area contributed by atoms with Gasteiger partial charge in [-0.3, -0.25) is 9.09 Å². The highest BCUT2D eigenvalue weighted by molar-refractivity contribution is 7.46. The van der Waals surface area contributed by atoms with Crippen molar-refractivity contribution >= 4 is 13.6 Å². The number of phosphoric ester groups is 1. The monoisotopic (exact) mass is 351 g/mol. The lowest BCUT2D eigenvalue weighted by Gasteiger charge is -2.18. The van der Waals surface area contributed by atoms with E-state index in [1.54, 1.807) is 6.92 Å². The second kappa shape index (κ2) is 6.65. The molecule has 1 aliphatic rings. The van der Waals surface area contributed by atoms with E-state index in [-0.39, 0.29) is 5.82 Å². The number of phosphoric acid groups is 1. The number of aliphatic hydroxyl groups is 2. The molecule has 11 nitrogen and oxygen atoms in total. The summed E-state index contributed by atoms with van der Waals surface area (Å²) < 4.78 is 21.2. The van der Waals surface area contributed by atoms with Crippen LogP contribution in [-0.2, 0) is 20.2 Å². The number of nitrogen functional groups attached to an aromatic ring is 1. The normalized spacial score (nSPS) is 28.2. The molecule has 1 aliphatic heterocycles. The van der Waals surface area contributed by atoms with Crippen molar-refractivity contribution in [3.63, 3.8) is 0 Å². The largest absolute Gasteiger partial charge is 0.469 e. The predicted octanol–water partition coefficient (Wildman–Crippen LogP) is -1.88. The van der Waals surface area contributed by atoms with Crippen molar-refractivity contribution in [1.29, 1.82) is 0 Å². The molecule has 1 aromatic heterocycles. The molecule has 23 heavy (non-hydrogen) atoms. The zero-order chi connectivity index (χ0) is 17.4. The fourth-order valence-corrected chi connectivity index (χ4v) is 2.58. The molecule has 1 saturated heterocycles. The average molecular weight is 351 g/mol. The van der Waals surface area contributed by atoms with Gasteiger partial charge in [0.05, 0.1) is 6.61 Å². The minimum absolute atomic E-state index is 0.0585. The van der Waals surface area contributed by atoms with Gasteiger partial charge in [0.1, 0.15) is 24.1 Å². The van der Waals surface area contributed by atoms with Gasteiger partial charge in [-0.15, -0.1) is 0 Å². The molecule has 0 spiro atoms. The molecule has 4 atom stereocenters. The number of anilines is 1. The summed E-state index contributed by atoms with van der Waals surface area (Å²) in [5, 5.41) is 19.9. The summed E-state index contributed by atoms with van der Waals surface area (Å²) in [6, 6.07) is 0. The summed E-state index contributed by atoms with van der Waals surface area (Å²) >= 11 is 0. The topological polar surface area (TPSA) is 177 Å². The molecule has 2 heterocycles. The Hall–Kier alpha value is -1.33. The zero-order valence-corrected chi connectivity index (χ0v) is 13.0. The summed E-state index contributed by atoms with van der Waals surface area (Å²) in [5.41, 5.74) is 5.36. The molecule has 2 rings (SSSR count). The molecule has 1 aromatic rings. The van der Waals surface area contributed by atoms with E-state index in [1.165, 1.54) is 6.20 Å². The molecule has 0 aromatic carbocycles. The highest BCUT2D eigenvalue weighted by atomic mass is 31.2. The van der Waals surface area contributed by atoms with Crippen molar-refractivity contribution in [1.82, 2.24) is 9.55 Å². The van der Waals surface area contributed by atoms with Crippen LogP contribution in [0.1, 0.15) is 18.7 Å². The van der Waals surface area contributed by atoms with Crippen LogP contribution in [0, 0.1) is 0 Å². The molecule has 0 unspecified atom stereocenters. The van der Waals surface area contributed by atoms with Gasteiger partial charge in [-0.25, -0.2) is 9.36 Å². The number of rotatable bonds is 5. The van der Waals surface area contributed by atoms with Crippen LogP contribution in [0.15, 0.2) is 11.0 Å². The molecule has 0 radical (unpaired) electrons. The Balaban J connectivity index is 2.24. The first-order chi connectivity index (χ1) is 10.6. The number of hydrogen-bond donors (Lipinski definition) is 5. The van der Waals surface area contributed by atoms with Gasteiger partial charge in [0, 0.05) is 11.8 Å². The van der Waals surface area contributed by atoms with E-state index < -0.39 is 44.7 Å². The third-order valence-corrected chi connectivity index (χ3v) is 3.95. The number of aromatic nitrogens is 2. The van der Waals surface area contributed by atoms with Gasteiger partial charge in [0.25, 0.3) is 0 Å². The lowest BCUT2D eigenvalue weighted by Crippen LogP contribution is -2.36. The lowest BCUT2D eigenvalue weighted by molar-refractivity contribution is -0.0543. The number of hydrogen-bond acceptors (Lipinski definition) is 8. The van der Waals surface area contributed by atoms with Crippen molar-refractivity contribution in [3.8, 4) is 0 Å². The fraction of sp³-hybridized carbons (Fsp3) is 0.636.